The van der Waals surface area contributed by atoms with E-state index in [1.54, 1.807) is 19.1 Å². The van der Waals surface area contributed by atoms with Crippen molar-refractivity contribution in [2.45, 2.75) is 13.8 Å². The van der Waals surface area contributed by atoms with Crippen LogP contribution in [0.4, 0.5) is 11.5 Å². The minimum atomic E-state index is -0.478. The first-order valence-corrected chi connectivity index (χ1v) is 7.75. The molecule has 2 rings (SSSR count). The van der Waals surface area contributed by atoms with E-state index in [1.807, 2.05) is 19.9 Å². The maximum atomic E-state index is 11.8. The zero-order chi connectivity index (χ0) is 18.4. The fourth-order valence-corrected chi connectivity index (χ4v) is 2.48. The zero-order valence-electron chi connectivity index (χ0n) is 14.8. The van der Waals surface area contributed by atoms with E-state index in [1.165, 1.54) is 11.0 Å². The number of ether oxygens (including phenoxy) is 2. The minimum absolute atomic E-state index is 0.139. The van der Waals surface area contributed by atoms with Gasteiger partial charge < -0.3 is 14.4 Å². The molecule has 2 aromatic heterocycles. The van der Waals surface area contributed by atoms with Crippen molar-refractivity contribution in [2.24, 2.45) is 0 Å². The molecule has 0 saturated carbocycles. The highest BCUT2D eigenvalue weighted by Gasteiger charge is 2.29. The maximum Gasteiger partial charge on any atom is 0.355 e. The predicted octanol–water partition coefficient (Wildman–Crippen LogP) is 1.29. The van der Waals surface area contributed by atoms with E-state index < -0.39 is 4.92 Å². The number of hydrogen-bond donors (Lipinski definition) is 0. The Morgan fingerprint density at radius 1 is 1.20 bits per heavy atom. The van der Waals surface area contributed by atoms with Crippen LogP contribution in [0.25, 0.3) is 5.82 Å². The summed E-state index contributed by atoms with van der Waals surface area (Å²) < 4.78 is 11.7. The third-order valence-corrected chi connectivity index (χ3v) is 3.61. The van der Waals surface area contributed by atoms with Crippen LogP contribution in [0.15, 0.2) is 12.4 Å². The summed E-state index contributed by atoms with van der Waals surface area (Å²) in [5.74, 6) is 0.358. The Morgan fingerprint density at radius 3 is 2.32 bits per heavy atom. The lowest BCUT2D eigenvalue weighted by Crippen LogP contribution is -2.32. The largest absolute Gasteiger partial charge is 0.383 e. The van der Waals surface area contributed by atoms with Crippen LogP contribution in [0.2, 0.25) is 0 Å². The van der Waals surface area contributed by atoms with E-state index in [9.17, 15) is 10.1 Å². The van der Waals surface area contributed by atoms with Crippen LogP contribution in [-0.4, -0.2) is 65.2 Å². The molecule has 0 aliphatic rings. The van der Waals surface area contributed by atoms with Crippen molar-refractivity contribution in [1.82, 2.24) is 19.7 Å². The monoisotopic (exact) mass is 350 g/mol. The van der Waals surface area contributed by atoms with Crippen LogP contribution in [0.3, 0.4) is 0 Å². The summed E-state index contributed by atoms with van der Waals surface area (Å²) in [6, 6.07) is 1.83. The Morgan fingerprint density at radius 2 is 1.84 bits per heavy atom. The standard InChI is InChI=1S/C15H22N6O4/c1-11-9-12(2)20(18-11)15-13(21(22)23)14(16-10-17-15)19(5-7-24-3)6-8-25-4/h9-10H,5-8H2,1-4H3. The Kier molecular flexibility index (Phi) is 6.37. The Bertz CT molecular complexity index is 725. The van der Waals surface area contributed by atoms with E-state index in [-0.39, 0.29) is 17.3 Å². The van der Waals surface area contributed by atoms with Crippen molar-refractivity contribution >= 4 is 11.5 Å². The molecule has 0 radical (unpaired) electrons. The lowest BCUT2D eigenvalue weighted by Gasteiger charge is -2.23. The number of nitro groups is 1. The molecule has 0 saturated heterocycles. The van der Waals surface area contributed by atoms with Crippen molar-refractivity contribution in [3.8, 4) is 5.82 Å². The number of aryl methyl sites for hydroxylation is 2. The summed E-state index contributed by atoms with van der Waals surface area (Å²) in [7, 11) is 3.15. The third kappa shape index (κ3) is 4.28. The number of nitrogens with zero attached hydrogens (tertiary/aromatic N) is 6. The van der Waals surface area contributed by atoms with Gasteiger partial charge in [-0.3, -0.25) is 10.1 Å². The topological polar surface area (TPSA) is 108 Å². The zero-order valence-corrected chi connectivity index (χ0v) is 14.8. The van der Waals surface area contributed by atoms with Gasteiger partial charge in [-0.05, 0) is 19.9 Å². The van der Waals surface area contributed by atoms with E-state index in [0.717, 1.165) is 11.4 Å². The van der Waals surface area contributed by atoms with Crippen LogP contribution in [0.5, 0.6) is 0 Å². The van der Waals surface area contributed by atoms with Crippen LogP contribution in [-0.2, 0) is 9.47 Å². The lowest BCUT2D eigenvalue weighted by atomic mass is 10.3. The van der Waals surface area contributed by atoms with Gasteiger partial charge in [-0.1, -0.05) is 0 Å². The minimum Gasteiger partial charge on any atom is -0.383 e. The number of hydrogen-bond acceptors (Lipinski definition) is 8. The third-order valence-electron chi connectivity index (χ3n) is 3.61. The molecule has 25 heavy (non-hydrogen) atoms. The molecule has 2 heterocycles. The summed E-state index contributed by atoms with van der Waals surface area (Å²) in [6.45, 7) is 5.32. The fourth-order valence-electron chi connectivity index (χ4n) is 2.48. The second kappa shape index (κ2) is 8.49. The molecule has 0 aromatic carbocycles. The summed E-state index contributed by atoms with van der Waals surface area (Å²) in [5, 5.41) is 16.1. The van der Waals surface area contributed by atoms with Crippen molar-refractivity contribution in [2.75, 3.05) is 45.4 Å². The van der Waals surface area contributed by atoms with E-state index in [0.29, 0.717) is 26.3 Å². The van der Waals surface area contributed by atoms with E-state index in [2.05, 4.69) is 15.1 Å². The highest BCUT2D eigenvalue weighted by molar-refractivity contribution is 5.65. The predicted molar refractivity (Wildman–Crippen MR) is 91.2 cm³/mol. The van der Waals surface area contributed by atoms with Gasteiger partial charge in [0.05, 0.1) is 23.8 Å². The molecule has 2 aromatic rings. The highest BCUT2D eigenvalue weighted by atomic mass is 16.6. The van der Waals surface area contributed by atoms with Crippen LogP contribution < -0.4 is 4.90 Å². The Hall–Kier alpha value is -2.59. The molecule has 136 valence electrons. The molecule has 0 unspecified atom stereocenters. The summed E-state index contributed by atoms with van der Waals surface area (Å²) in [4.78, 5) is 21.3. The fraction of sp³-hybridized carbons (Fsp3) is 0.533. The van der Waals surface area contributed by atoms with Gasteiger partial charge in [-0.25, -0.2) is 14.6 Å². The second-order valence-electron chi connectivity index (χ2n) is 5.44. The molecule has 0 bridgehead atoms. The first-order chi connectivity index (χ1) is 12.0. The first kappa shape index (κ1) is 18.7. The van der Waals surface area contributed by atoms with Crippen LogP contribution >= 0.6 is 0 Å². The molecule has 0 spiro atoms. The van der Waals surface area contributed by atoms with Gasteiger partial charge in [0.25, 0.3) is 0 Å². The van der Waals surface area contributed by atoms with Gasteiger partial charge in [-0.2, -0.15) is 5.10 Å². The average Bonchev–Trinajstić information content (AvgIpc) is 2.92. The van der Waals surface area contributed by atoms with Crippen LogP contribution in [0, 0.1) is 24.0 Å². The number of methoxy groups -OCH3 is 2. The molecular formula is C15H22N6O4. The van der Waals surface area contributed by atoms with Crippen LogP contribution in [0.1, 0.15) is 11.4 Å². The maximum absolute atomic E-state index is 11.8. The van der Waals surface area contributed by atoms with Gasteiger partial charge >= 0.3 is 5.69 Å². The quantitative estimate of drug-likeness (QED) is 0.491. The highest BCUT2D eigenvalue weighted by Crippen LogP contribution is 2.31. The Labute approximate surface area is 145 Å². The molecule has 10 nitrogen and oxygen atoms in total. The molecule has 10 heteroatoms. The van der Waals surface area contributed by atoms with Gasteiger partial charge in [0.15, 0.2) is 0 Å². The molecule has 0 N–H and O–H groups in total. The Balaban J connectivity index is 2.55. The summed E-state index contributed by atoms with van der Waals surface area (Å²) in [6.07, 6.45) is 1.31. The molecule has 0 atom stereocenters. The summed E-state index contributed by atoms with van der Waals surface area (Å²) >= 11 is 0. The van der Waals surface area contributed by atoms with Crippen molar-refractivity contribution in [3.05, 3.63) is 33.9 Å². The summed E-state index contributed by atoms with van der Waals surface area (Å²) in [5.41, 5.74) is 1.31. The molecule has 0 fully saturated rings. The number of anilines is 1. The molecule has 0 aliphatic heterocycles. The van der Waals surface area contributed by atoms with Gasteiger partial charge in [0.1, 0.15) is 6.33 Å². The second-order valence-corrected chi connectivity index (χ2v) is 5.44. The lowest BCUT2D eigenvalue weighted by molar-refractivity contribution is -0.384. The number of aromatic nitrogens is 4. The first-order valence-electron chi connectivity index (χ1n) is 7.75. The number of rotatable bonds is 9. The van der Waals surface area contributed by atoms with Gasteiger partial charge in [0, 0.05) is 33.0 Å². The van der Waals surface area contributed by atoms with Crippen molar-refractivity contribution in [3.63, 3.8) is 0 Å². The average molecular weight is 350 g/mol. The van der Waals surface area contributed by atoms with E-state index in [4.69, 9.17) is 9.47 Å². The molecule has 0 aliphatic carbocycles. The van der Waals surface area contributed by atoms with Gasteiger partial charge in [0.2, 0.25) is 11.6 Å². The molecule has 0 amide bonds. The molecular weight excluding hydrogens is 328 g/mol. The van der Waals surface area contributed by atoms with E-state index >= 15 is 0 Å². The van der Waals surface area contributed by atoms with Crippen molar-refractivity contribution in [1.29, 1.82) is 0 Å². The smallest absolute Gasteiger partial charge is 0.355 e. The normalized spacial score (nSPS) is 10.9. The van der Waals surface area contributed by atoms with Gasteiger partial charge in [-0.15, -0.1) is 0 Å². The van der Waals surface area contributed by atoms with Crippen molar-refractivity contribution < 1.29 is 14.4 Å². The SMILES string of the molecule is COCCN(CCOC)c1ncnc(-n2nc(C)cc2C)c1[N+](=O)[O-].